The van der Waals surface area contributed by atoms with Crippen molar-refractivity contribution in [1.82, 2.24) is 0 Å². The molecule has 0 saturated heterocycles. The van der Waals surface area contributed by atoms with Gasteiger partial charge >= 0.3 is 0 Å². The molecule has 1 N–H and O–H groups in total. The molecule has 1 aliphatic carbocycles. The molecule has 2 atom stereocenters. The lowest BCUT2D eigenvalue weighted by Crippen LogP contribution is -2.29. The molecule has 6 heteroatoms. The van der Waals surface area contributed by atoms with E-state index in [1.165, 1.54) is 0 Å². The van der Waals surface area contributed by atoms with Crippen LogP contribution in [0.4, 0.5) is 5.69 Å². The summed E-state index contributed by atoms with van der Waals surface area (Å²) in [4.78, 5) is 23.0. The maximum Gasteiger partial charge on any atom is 0.237 e. The highest BCUT2D eigenvalue weighted by Crippen LogP contribution is 2.52. The summed E-state index contributed by atoms with van der Waals surface area (Å²) in [6.45, 7) is 4.41. The molecule has 2 rings (SSSR count). The zero-order chi connectivity index (χ0) is 15.5. The molecule has 0 radical (unpaired) electrons. The Hall–Kier alpha value is -2.11. The van der Waals surface area contributed by atoms with Crippen molar-refractivity contribution in [3.05, 3.63) is 34.4 Å². The molecule has 0 bridgehead atoms. The van der Waals surface area contributed by atoms with E-state index in [0.717, 1.165) is 12.2 Å². The fourth-order valence-electron chi connectivity index (χ4n) is 2.69. The summed E-state index contributed by atoms with van der Waals surface area (Å²) in [5, 5.41) is 13.7. The van der Waals surface area contributed by atoms with E-state index >= 15 is 0 Å². The second kappa shape index (κ2) is 6.11. The molecule has 0 aromatic heterocycles. The third-order valence-corrected chi connectivity index (χ3v) is 3.86. The molecule has 1 aromatic rings. The van der Waals surface area contributed by atoms with Crippen LogP contribution in [0.15, 0.2) is 24.3 Å². The van der Waals surface area contributed by atoms with E-state index in [9.17, 15) is 14.9 Å². The number of carbonyl (C=O) groups is 1. The van der Waals surface area contributed by atoms with Crippen LogP contribution in [-0.2, 0) is 4.79 Å². The first-order valence-corrected chi connectivity index (χ1v) is 7.21. The number of rotatable bonds is 7. The van der Waals surface area contributed by atoms with E-state index in [-0.39, 0.29) is 10.8 Å². The highest BCUT2D eigenvalue weighted by Gasteiger charge is 2.68. The Kier molecular flexibility index (Phi) is 4.45. The Labute approximate surface area is 123 Å². The Morgan fingerprint density at radius 1 is 1.43 bits per heavy atom. The lowest BCUT2D eigenvalue weighted by atomic mass is 9.98. The topological polar surface area (TPSA) is 81.5 Å². The normalized spacial score (nSPS) is 23.4. The number of amides is 1. The SMILES string of the molecule is CCCC1(C(=O)Nc2ccc(OCC)cc2)CC1[N+](=O)[O-]. The van der Waals surface area contributed by atoms with Gasteiger partial charge in [0.25, 0.3) is 0 Å². The summed E-state index contributed by atoms with van der Waals surface area (Å²) in [7, 11) is 0. The Morgan fingerprint density at radius 2 is 2.10 bits per heavy atom. The molecule has 1 aliphatic rings. The van der Waals surface area contributed by atoms with E-state index < -0.39 is 11.5 Å². The maximum absolute atomic E-state index is 12.4. The molecule has 6 nitrogen and oxygen atoms in total. The van der Waals surface area contributed by atoms with Crippen LogP contribution in [0.2, 0.25) is 0 Å². The Balaban J connectivity index is 2.04. The van der Waals surface area contributed by atoms with Crippen molar-refractivity contribution >= 4 is 11.6 Å². The van der Waals surface area contributed by atoms with Crippen LogP contribution in [0.1, 0.15) is 33.1 Å². The first-order valence-electron chi connectivity index (χ1n) is 7.21. The average molecular weight is 292 g/mol. The Bertz CT molecular complexity index is 529. The van der Waals surface area contributed by atoms with Crippen LogP contribution in [0.25, 0.3) is 0 Å². The van der Waals surface area contributed by atoms with Gasteiger partial charge in [0.1, 0.15) is 11.2 Å². The fourth-order valence-corrected chi connectivity index (χ4v) is 2.69. The maximum atomic E-state index is 12.4. The van der Waals surface area contributed by atoms with Gasteiger partial charge in [0.15, 0.2) is 0 Å². The minimum atomic E-state index is -0.836. The Morgan fingerprint density at radius 3 is 2.57 bits per heavy atom. The van der Waals surface area contributed by atoms with Gasteiger partial charge in [-0.05, 0) is 37.6 Å². The summed E-state index contributed by atoms with van der Waals surface area (Å²) < 4.78 is 5.33. The van der Waals surface area contributed by atoms with Crippen molar-refractivity contribution in [2.75, 3.05) is 11.9 Å². The van der Waals surface area contributed by atoms with Gasteiger partial charge in [0, 0.05) is 17.0 Å². The molecular weight excluding hydrogens is 272 g/mol. The first kappa shape index (κ1) is 15.3. The molecule has 1 saturated carbocycles. The van der Waals surface area contributed by atoms with E-state index in [2.05, 4.69) is 5.32 Å². The standard InChI is InChI=1S/C15H20N2O4/c1-3-9-15(10-13(15)17(19)20)14(18)16-11-5-7-12(8-6-11)21-4-2/h5-8,13H,3-4,9-10H2,1-2H3,(H,16,18). The molecule has 0 spiro atoms. The van der Waals surface area contributed by atoms with Gasteiger partial charge in [-0.1, -0.05) is 13.3 Å². The van der Waals surface area contributed by atoms with Gasteiger partial charge in [0.05, 0.1) is 6.61 Å². The monoisotopic (exact) mass is 292 g/mol. The zero-order valence-electron chi connectivity index (χ0n) is 12.3. The van der Waals surface area contributed by atoms with Crippen LogP contribution in [-0.4, -0.2) is 23.5 Å². The summed E-state index contributed by atoms with van der Waals surface area (Å²) in [5.41, 5.74) is -0.204. The van der Waals surface area contributed by atoms with Crippen molar-refractivity contribution in [1.29, 1.82) is 0 Å². The molecule has 1 amide bonds. The quantitative estimate of drug-likeness (QED) is 0.619. The molecular formula is C15H20N2O4. The van der Waals surface area contributed by atoms with Crippen molar-refractivity contribution in [2.45, 2.75) is 39.2 Å². The van der Waals surface area contributed by atoms with E-state index in [1.807, 2.05) is 13.8 Å². The van der Waals surface area contributed by atoms with Crippen LogP contribution < -0.4 is 10.1 Å². The van der Waals surface area contributed by atoms with Gasteiger partial charge in [0.2, 0.25) is 11.9 Å². The number of hydrogen-bond donors (Lipinski definition) is 1. The second-order valence-corrected chi connectivity index (χ2v) is 5.32. The van der Waals surface area contributed by atoms with Gasteiger partial charge in [-0.15, -0.1) is 0 Å². The predicted octanol–water partition coefficient (Wildman–Crippen LogP) is 2.86. The molecule has 114 valence electrons. The molecule has 1 aromatic carbocycles. The van der Waals surface area contributed by atoms with Gasteiger partial charge in [-0.25, -0.2) is 0 Å². The number of anilines is 1. The van der Waals surface area contributed by atoms with Crippen molar-refractivity contribution in [3.8, 4) is 5.75 Å². The van der Waals surface area contributed by atoms with Crippen LogP contribution in [0.3, 0.4) is 0 Å². The molecule has 1 fully saturated rings. The summed E-state index contributed by atoms with van der Waals surface area (Å²) in [6, 6.07) is 6.27. The van der Waals surface area contributed by atoms with Crippen molar-refractivity contribution < 1.29 is 14.5 Å². The molecule has 0 heterocycles. The molecule has 2 unspecified atom stereocenters. The van der Waals surface area contributed by atoms with Crippen LogP contribution in [0, 0.1) is 15.5 Å². The third kappa shape index (κ3) is 3.15. The number of nitrogens with one attached hydrogen (secondary N) is 1. The predicted molar refractivity (Wildman–Crippen MR) is 79.0 cm³/mol. The number of benzene rings is 1. The highest BCUT2D eigenvalue weighted by atomic mass is 16.6. The number of ether oxygens (including phenoxy) is 1. The number of nitrogens with zero attached hydrogens (tertiary/aromatic N) is 1. The van der Waals surface area contributed by atoms with E-state index in [4.69, 9.17) is 4.74 Å². The minimum Gasteiger partial charge on any atom is -0.494 e. The van der Waals surface area contributed by atoms with Crippen molar-refractivity contribution in [3.63, 3.8) is 0 Å². The van der Waals surface area contributed by atoms with Gasteiger partial charge in [-0.2, -0.15) is 0 Å². The average Bonchev–Trinajstić information content (AvgIpc) is 3.18. The molecule has 21 heavy (non-hydrogen) atoms. The first-order chi connectivity index (χ1) is 10.0. The van der Waals surface area contributed by atoms with Gasteiger partial charge in [-0.3, -0.25) is 14.9 Å². The third-order valence-electron chi connectivity index (χ3n) is 3.86. The summed E-state index contributed by atoms with van der Waals surface area (Å²) >= 11 is 0. The lowest BCUT2D eigenvalue weighted by Gasteiger charge is -2.14. The van der Waals surface area contributed by atoms with E-state index in [1.54, 1.807) is 24.3 Å². The van der Waals surface area contributed by atoms with Crippen LogP contribution >= 0.6 is 0 Å². The van der Waals surface area contributed by atoms with Crippen LogP contribution in [0.5, 0.6) is 5.75 Å². The summed E-state index contributed by atoms with van der Waals surface area (Å²) in [5.74, 6) is 0.476. The fraction of sp³-hybridized carbons (Fsp3) is 0.533. The number of hydrogen-bond acceptors (Lipinski definition) is 4. The smallest absolute Gasteiger partial charge is 0.237 e. The van der Waals surface area contributed by atoms with Crippen molar-refractivity contribution in [2.24, 2.45) is 5.41 Å². The van der Waals surface area contributed by atoms with E-state index in [0.29, 0.717) is 25.1 Å². The lowest BCUT2D eigenvalue weighted by molar-refractivity contribution is -0.501. The van der Waals surface area contributed by atoms with Gasteiger partial charge < -0.3 is 10.1 Å². The highest BCUT2D eigenvalue weighted by molar-refractivity contribution is 5.98. The summed E-state index contributed by atoms with van der Waals surface area (Å²) in [6.07, 6.45) is 1.62. The second-order valence-electron chi connectivity index (χ2n) is 5.32. The number of nitro groups is 1. The minimum absolute atomic E-state index is 0.254. The molecule has 0 aliphatic heterocycles. The zero-order valence-corrected chi connectivity index (χ0v) is 12.3. The largest absolute Gasteiger partial charge is 0.494 e. The number of carbonyl (C=O) groups excluding carboxylic acids is 1.